The Kier molecular flexibility index (Phi) is 14.8. The molecule has 0 atom stereocenters. The van der Waals surface area contributed by atoms with Gasteiger partial charge < -0.3 is 30.3 Å². The number of carbonyl (C=O) groups is 2. The fraction of sp³-hybridized carbons (Fsp3) is 0.367. The van der Waals surface area contributed by atoms with Gasteiger partial charge >= 0.3 is 0 Å². The highest BCUT2D eigenvalue weighted by Gasteiger charge is 2.29. The minimum absolute atomic E-state index is 0.0161. The molecule has 0 unspecified atom stereocenters. The summed E-state index contributed by atoms with van der Waals surface area (Å²) in [5.74, 6) is 0.160. The van der Waals surface area contributed by atoms with Crippen molar-refractivity contribution in [2.45, 2.75) is 52.4 Å². The van der Waals surface area contributed by atoms with Crippen molar-refractivity contribution in [3.8, 4) is 0 Å². The highest BCUT2D eigenvalue weighted by Crippen LogP contribution is 2.34. The molecule has 0 radical (unpaired) electrons. The molecule has 0 aromatic carbocycles. The standard InChI is InChI=1S/C25H32FN3O3.C4H5F.CH2O/c1-17-7-3-9-21(26)24(18(17)2)31-13-5-11-23(30)29-12-6-14-32-25-20(19(15-27)16-28)8-4-10-22(25)29;1-3-4(2)5;1-2/h3,7,10,15-16,27H,4-6,8-9,11-14,28H2,1-2H3;3H,1-2H2;1H2/b19-16+,27-15?;;. The molecule has 212 valence electrons. The monoisotopic (exact) mass is 543 g/mol. The van der Waals surface area contributed by atoms with E-state index >= 15 is 0 Å². The van der Waals surface area contributed by atoms with Crippen LogP contribution in [0, 0.1) is 5.41 Å². The van der Waals surface area contributed by atoms with E-state index in [4.69, 9.17) is 25.4 Å². The second kappa shape index (κ2) is 17.5. The maximum atomic E-state index is 14.3. The molecule has 0 aromatic heterocycles. The van der Waals surface area contributed by atoms with E-state index < -0.39 is 5.83 Å². The first-order valence-corrected chi connectivity index (χ1v) is 12.7. The van der Waals surface area contributed by atoms with Crippen LogP contribution in [0.4, 0.5) is 8.78 Å². The zero-order valence-corrected chi connectivity index (χ0v) is 22.9. The summed E-state index contributed by atoms with van der Waals surface area (Å²) in [5, 5.41) is 7.63. The minimum Gasteiger partial charge on any atom is -0.491 e. The van der Waals surface area contributed by atoms with Crippen molar-refractivity contribution in [3.63, 3.8) is 0 Å². The van der Waals surface area contributed by atoms with Gasteiger partial charge in [-0.05, 0) is 56.8 Å². The van der Waals surface area contributed by atoms with Crippen molar-refractivity contribution in [2.24, 2.45) is 5.73 Å². The predicted octanol–water partition coefficient (Wildman–Crippen LogP) is 6.40. The Bertz CT molecular complexity index is 1110. The van der Waals surface area contributed by atoms with E-state index in [1.54, 1.807) is 11.0 Å². The molecule has 1 amide bonds. The summed E-state index contributed by atoms with van der Waals surface area (Å²) >= 11 is 0. The quantitative estimate of drug-likeness (QED) is 0.209. The second-order valence-electron chi connectivity index (χ2n) is 8.70. The van der Waals surface area contributed by atoms with Crippen LogP contribution in [-0.2, 0) is 19.1 Å². The average molecular weight is 544 g/mol. The van der Waals surface area contributed by atoms with E-state index in [-0.39, 0.29) is 24.8 Å². The summed E-state index contributed by atoms with van der Waals surface area (Å²) in [6.45, 7) is 13.1. The third-order valence-corrected chi connectivity index (χ3v) is 6.13. The number of nitrogens with two attached hydrogens (primary N) is 1. The van der Waals surface area contributed by atoms with Gasteiger partial charge in [-0.2, -0.15) is 0 Å². The average Bonchev–Trinajstić information content (AvgIpc) is 3.23. The number of ether oxygens (including phenoxy) is 2. The number of fused-ring (bicyclic) bond motifs is 1. The SMILES string of the molecule is C=CC(=C)F.C=O.CC1=C(C)C(OCCCC(=O)N2CCCOC3=C(/C(C=N)=C/N)CCC=C32)=C(F)CC=C1. The minimum atomic E-state index is -0.481. The topological polar surface area (TPSA) is 106 Å². The maximum absolute atomic E-state index is 14.3. The number of nitrogens with zero attached hydrogens (tertiary/aromatic N) is 1. The molecule has 0 aromatic rings. The predicted molar refractivity (Wildman–Crippen MR) is 151 cm³/mol. The Morgan fingerprint density at radius 2 is 2.03 bits per heavy atom. The van der Waals surface area contributed by atoms with E-state index in [2.05, 4.69) is 13.2 Å². The summed E-state index contributed by atoms with van der Waals surface area (Å²) < 4.78 is 37.2. The van der Waals surface area contributed by atoms with E-state index in [0.717, 1.165) is 47.8 Å². The molecule has 2 aliphatic carbocycles. The van der Waals surface area contributed by atoms with Gasteiger partial charge in [-0.15, -0.1) is 0 Å². The van der Waals surface area contributed by atoms with Crippen LogP contribution in [0.25, 0.3) is 0 Å². The molecule has 3 N–H and O–H groups in total. The van der Waals surface area contributed by atoms with E-state index in [0.29, 0.717) is 43.1 Å². The van der Waals surface area contributed by atoms with Gasteiger partial charge in [-0.25, -0.2) is 8.78 Å². The van der Waals surface area contributed by atoms with Gasteiger partial charge in [-0.1, -0.05) is 31.4 Å². The second-order valence-corrected chi connectivity index (χ2v) is 8.70. The van der Waals surface area contributed by atoms with Crippen LogP contribution in [0.1, 0.15) is 52.4 Å². The van der Waals surface area contributed by atoms with Crippen molar-refractivity contribution in [3.05, 3.63) is 94.8 Å². The molecule has 9 heteroatoms. The summed E-state index contributed by atoms with van der Waals surface area (Å²) in [6.07, 6.45) is 12.6. The number of halogens is 2. The van der Waals surface area contributed by atoms with Crippen molar-refractivity contribution in [2.75, 3.05) is 19.8 Å². The van der Waals surface area contributed by atoms with Gasteiger partial charge in [0.05, 0.1) is 18.9 Å². The molecule has 1 fully saturated rings. The fourth-order valence-electron chi connectivity index (χ4n) is 4.05. The number of rotatable bonds is 8. The Morgan fingerprint density at radius 3 is 2.64 bits per heavy atom. The van der Waals surface area contributed by atoms with Crippen LogP contribution in [0.5, 0.6) is 0 Å². The van der Waals surface area contributed by atoms with Crippen LogP contribution in [0.3, 0.4) is 0 Å². The first-order chi connectivity index (χ1) is 18.7. The summed E-state index contributed by atoms with van der Waals surface area (Å²) in [6, 6.07) is 0. The first kappa shape index (κ1) is 33.0. The first-order valence-electron chi connectivity index (χ1n) is 12.7. The number of hydrogen-bond donors (Lipinski definition) is 2. The molecule has 0 bridgehead atoms. The molecule has 1 saturated heterocycles. The van der Waals surface area contributed by atoms with Crippen molar-refractivity contribution in [1.82, 2.24) is 4.90 Å². The van der Waals surface area contributed by atoms with Crippen LogP contribution < -0.4 is 5.73 Å². The van der Waals surface area contributed by atoms with Crippen molar-refractivity contribution < 1.29 is 27.8 Å². The largest absolute Gasteiger partial charge is 0.491 e. The number of amides is 1. The Hall–Kier alpha value is -4.01. The molecular formula is C30H39F2N3O4. The van der Waals surface area contributed by atoms with Crippen LogP contribution in [-0.4, -0.2) is 43.6 Å². The zero-order valence-electron chi connectivity index (χ0n) is 22.9. The van der Waals surface area contributed by atoms with E-state index in [1.807, 2.05) is 32.8 Å². The Labute approximate surface area is 229 Å². The maximum Gasteiger partial charge on any atom is 0.227 e. The van der Waals surface area contributed by atoms with E-state index in [9.17, 15) is 13.6 Å². The van der Waals surface area contributed by atoms with Gasteiger partial charge in [0.15, 0.2) is 5.76 Å². The Balaban J connectivity index is 0.000000975. The molecule has 1 aliphatic heterocycles. The van der Waals surface area contributed by atoms with Gasteiger partial charge in [-0.3, -0.25) is 4.79 Å². The number of carbonyl (C=O) groups excluding carboxylic acids is 2. The zero-order chi connectivity index (χ0) is 29.4. The van der Waals surface area contributed by atoms with Crippen molar-refractivity contribution in [1.29, 1.82) is 5.41 Å². The highest BCUT2D eigenvalue weighted by atomic mass is 19.1. The normalized spacial score (nSPS) is 17.2. The fourth-order valence-corrected chi connectivity index (χ4v) is 4.05. The summed E-state index contributed by atoms with van der Waals surface area (Å²) in [4.78, 5) is 22.8. The third-order valence-electron chi connectivity index (χ3n) is 6.13. The molecular weight excluding hydrogens is 504 g/mol. The lowest BCUT2D eigenvalue weighted by Gasteiger charge is -2.28. The highest BCUT2D eigenvalue weighted by molar-refractivity contribution is 5.84. The molecule has 3 aliphatic rings. The lowest BCUT2D eigenvalue weighted by molar-refractivity contribution is -0.129. The van der Waals surface area contributed by atoms with Crippen LogP contribution in [0.2, 0.25) is 0 Å². The van der Waals surface area contributed by atoms with Crippen LogP contribution in [0.15, 0.2) is 94.8 Å². The van der Waals surface area contributed by atoms with Crippen LogP contribution >= 0.6 is 0 Å². The van der Waals surface area contributed by atoms with Gasteiger partial charge in [0.1, 0.15) is 24.2 Å². The smallest absolute Gasteiger partial charge is 0.227 e. The van der Waals surface area contributed by atoms with Gasteiger partial charge in [0.25, 0.3) is 0 Å². The summed E-state index contributed by atoms with van der Waals surface area (Å²) in [7, 11) is 0. The lowest BCUT2D eigenvalue weighted by atomic mass is 9.94. The molecule has 0 saturated carbocycles. The molecule has 7 nitrogen and oxygen atoms in total. The molecule has 1 heterocycles. The third kappa shape index (κ3) is 9.67. The Morgan fingerprint density at radius 1 is 1.33 bits per heavy atom. The molecule has 0 spiro atoms. The number of hydrogen-bond acceptors (Lipinski definition) is 6. The number of nitrogens with one attached hydrogen (secondary N) is 1. The van der Waals surface area contributed by atoms with Gasteiger partial charge in [0.2, 0.25) is 5.91 Å². The lowest BCUT2D eigenvalue weighted by Crippen LogP contribution is -2.32. The van der Waals surface area contributed by atoms with Crippen molar-refractivity contribution >= 4 is 18.9 Å². The van der Waals surface area contributed by atoms with E-state index in [1.165, 1.54) is 12.4 Å². The summed E-state index contributed by atoms with van der Waals surface area (Å²) in [5.41, 5.74) is 9.69. The van der Waals surface area contributed by atoms with Gasteiger partial charge in [0, 0.05) is 42.9 Å². The number of allylic oxidation sites excluding steroid dienone is 10. The molecule has 39 heavy (non-hydrogen) atoms. The molecule has 3 rings (SSSR count).